The molecule has 6 heteroatoms. The Morgan fingerprint density at radius 2 is 2.29 bits per heavy atom. The molecule has 1 aromatic rings. The van der Waals surface area contributed by atoms with Gasteiger partial charge in [-0.2, -0.15) is 0 Å². The van der Waals surface area contributed by atoms with Gasteiger partial charge in [0.1, 0.15) is 11.5 Å². The summed E-state index contributed by atoms with van der Waals surface area (Å²) in [6, 6.07) is 6.97. The highest BCUT2D eigenvalue weighted by Gasteiger charge is 2.67. The number of ether oxygens (including phenoxy) is 1. The van der Waals surface area contributed by atoms with E-state index in [2.05, 4.69) is 0 Å². The number of carboxylic acids is 1. The molecule has 3 aliphatic rings. The molecule has 4 atom stereocenters. The van der Waals surface area contributed by atoms with Gasteiger partial charge in [-0.05, 0) is 18.2 Å². The molecule has 0 unspecified atom stereocenters. The number of carboxylic acid groups (broad SMARTS) is 1. The number of rotatable bonds is 2. The molecular formula is C15H12ClNO4. The molecule has 21 heavy (non-hydrogen) atoms. The lowest BCUT2D eigenvalue weighted by Crippen LogP contribution is -2.39. The smallest absolute Gasteiger partial charge is 0.310 e. The van der Waals surface area contributed by atoms with E-state index in [1.54, 1.807) is 35.2 Å². The van der Waals surface area contributed by atoms with Crippen LogP contribution in [-0.2, 0) is 14.3 Å². The summed E-state index contributed by atoms with van der Waals surface area (Å²) in [5.41, 5.74) is -0.145. The number of carbonyl (C=O) groups is 2. The van der Waals surface area contributed by atoms with E-state index < -0.39 is 29.5 Å². The molecule has 3 aliphatic heterocycles. The lowest BCUT2D eigenvalue weighted by atomic mass is 9.77. The first kappa shape index (κ1) is 12.9. The van der Waals surface area contributed by atoms with Crippen LogP contribution in [0.15, 0.2) is 36.4 Å². The molecule has 0 aromatic heterocycles. The first-order chi connectivity index (χ1) is 10.0. The summed E-state index contributed by atoms with van der Waals surface area (Å²) in [6.07, 6.45) is 3.09. The summed E-state index contributed by atoms with van der Waals surface area (Å²) in [5, 5.41) is 9.92. The van der Waals surface area contributed by atoms with Crippen molar-refractivity contribution in [3.8, 4) is 0 Å². The minimum Gasteiger partial charge on any atom is -0.481 e. The fourth-order valence-corrected chi connectivity index (χ4v) is 3.83. The molecule has 2 bridgehead atoms. The zero-order valence-corrected chi connectivity index (χ0v) is 11.7. The standard InChI is InChI=1S/C15H12ClNO4/c16-8-2-1-3-9(6-8)17-7-15-5-4-10(21-15)11(14(19)20)12(15)13(17)18/h1-6,10-12H,7H2,(H,19,20)/t10-,11+,12+,15-/m0/s1. The second kappa shape index (κ2) is 4.08. The van der Waals surface area contributed by atoms with E-state index in [4.69, 9.17) is 16.3 Å². The van der Waals surface area contributed by atoms with E-state index in [0.717, 1.165) is 0 Å². The number of hydrogen-bond acceptors (Lipinski definition) is 3. The predicted molar refractivity (Wildman–Crippen MR) is 75.2 cm³/mol. The number of halogens is 1. The molecule has 108 valence electrons. The number of fused-ring (bicyclic) bond motifs is 1. The molecule has 0 saturated carbocycles. The number of nitrogens with zero attached hydrogens (tertiary/aromatic N) is 1. The molecule has 2 saturated heterocycles. The average Bonchev–Trinajstić information content (AvgIpc) is 3.07. The van der Waals surface area contributed by atoms with E-state index in [-0.39, 0.29) is 5.91 Å². The Balaban J connectivity index is 1.75. The highest BCUT2D eigenvalue weighted by Crippen LogP contribution is 2.52. The van der Waals surface area contributed by atoms with Crippen molar-refractivity contribution < 1.29 is 19.4 Å². The third kappa shape index (κ3) is 1.61. The Labute approximate surface area is 125 Å². The van der Waals surface area contributed by atoms with Gasteiger partial charge in [-0.15, -0.1) is 0 Å². The second-order valence-corrected chi connectivity index (χ2v) is 6.08. The minimum atomic E-state index is -0.988. The van der Waals surface area contributed by atoms with Gasteiger partial charge in [-0.3, -0.25) is 9.59 Å². The van der Waals surface area contributed by atoms with E-state index in [0.29, 0.717) is 17.3 Å². The molecule has 3 heterocycles. The topological polar surface area (TPSA) is 66.8 Å². The fourth-order valence-electron chi connectivity index (χ4n) is 3.64. The summed E-state index contributed by atoms with van der Waals surface area (Å²) in [4.78, 5) is 25.7. The van der Waals surface area contributed by atoms with Crippen LogP contribution < -0.4 is 4.90 Å². The van der Waals surface area contributed by atoms with Crippen LogP contribution in [0.3, 0.4) is 0 Å². The van der Waals surface area contributed by atoms with Crippen LogP contribution in [0.1, 0.15) is 0 Å². The maximum atomic E-state index is 12.7. The Morgan fingerprint density at radius 1 is 1.48 bits per heavy atom. The van der Waals surface area contributed by atoms with Gasteiger partial charge >= 0.3 is 5.97 Å². The molecule has 0 radical (unpaired) electrons. The molecule has 0 aliphatic carbocycles. The van der Waals surface area contributed by atoms with Gasteiger partial charge in [-0.25, -0.2) is 0 Å². The SMILES string of the molecule is O=C(O)[C@@H]1[C@@H]2C=C[C@@]3(CN(c4cccc(Cl)c4)C(=O)[C@@H]13)O2. The Kier molecular flexibility index (Phi) is 2.50. The molecular weight excluding hydrogens is 294 g/mol. The first-order valence-corrected chi connectivity index (χ1v) is 7.07. The maximum Gasteiger partial charge on any atom is 0.310 e. The van der Waals surface area contributed by atoms with E-state index in [1.807, 2.05) is 6.08 Å². The Morgan fingerprint density at radius 3 is 3.00 bits per heavy atom. The van der Waals surface area contributed by atoms with Crippen molar-refractivity contribution in [2.75, 3.05) is 11.4 Å². The molecule has 1 N–H and O–H groups in total. The molecule has 1 aromatic carbocycles. The summed E-state index contributed by atoms with van der Waals surface area (Å²) in [5.74, 6) is -2.68. The normalized spacial score (nSPS) is 36.3. The van der Waals surface area contributed by atoms with Crippen LogP contribution in [0.4, 0.5) is 5.69 Å². The van der Waals surface area contributed by atoms with Crippen molar-refractivity contribution in [1.82, 2.24) is 0 Å². The number of benzene rings is 1. The first-order valence-electron chi connectivity index (χ1n) is 6.69. The van der Waals surface area contributed by atoms with Crippen molar-refractivity contribution in [1.29, 1.82) is 0 Å². The number of amides is 1. The van der Waals surface area contributed by atoms with Crippen molar-refractivity contribution in [3.05, 3.63) is 41.4 Å². The lowest BCUT2D eigenvalue weighted by Gasteiger charge is -2.21. The summed E-state index contributed by atoms with van der Waals surface area (Å²) in [6.45, 7) is 0.327. The summed E-state index contributed by atoms with van der Waals surface area (Å²) < 4.78 is 5.82. The minimum absolute atomic E-state index is 0.212. The van der Waals surface area contributed by atoms with Crippen LogP contribution in [0.5, 0.6) is 0 Å². The third-order valence-corrected chi connectivity index (χ3v) is 4.74. The average molecular weight is 306 g/mol. The fraction of sp³-hybridized carbons (Fsp3) is 0.333. The van der Waals surface area contributed by atoms with Crippen LogP contribution in [0, 0.1) is 11.8 Å². The van der Waals surface area contributed by atoms with Crippen LogP contribution in [-0.4, -0.2) is 35.2 Å². The number of aliphatic carboxylic acids is 1. The quantitative estimate of drug-likeness (QED) is 0.845. The monoisotopic (exact) mass is 305 g/mol. The van der Waals surface area contributed by atoms with Gasteiger partial charge in [0.05, 0.1) is 18.6 Å². The number of anilines is 1. The van der Waals surface area contributed by atoms with Crippen molar-refractivity contribution in [2.45, 2.75) is 11.7 Å². The van der Waals surface area contributed by atoms with Crippen molar-refractivity contribution in [3.63, 3.8) is 0 Å². The molecule has 1 amide bonds. The molecule has 5 nitrogen and oxygen atoms in total. The zero-order valence-electron chi connectivity index (χ0n) is 10.9. The van der Waals surface area contributed by atoms with Crippen LogP contribution >= 0.6 is 11.6 Å². The third-order valence-electron chi connectivity index (χ3n) is 4.51. The van der Waals surface area contributed by atoms with E-state index >= 15 is 0 Å². The van der Waals surface area contributed by atoms with Gasteiger partial charge in [-0.1, -0.05) is 29.8 Å². The van der Waals surface area contributed by atoms with Gasteiger partial charge in [0.25, 0.3) is 0 Å². The highest BCUT2D eigenvalue weighted by molar-refractivity contribution is 6.31. The lowest BCUT2D eigenvalue weighted by molar-refractivity contribution is -0.146. The van der Waals surface area contributed by atoms with Crippen molar-refractivity contribution >= 4 is 29.2 Å². The number of carbonyl (C=O) groups excluding carboxylic acids is 1. The summed E-state index contributed by atoms with van der Waals surface area (Å²) in [7, 11) is 0. The molecule has 1 spiro atoms. The van der Waals surface area contributed by atoms with Crippen molar-refractivity contribution in [2.24, 2.45) is 11.8 Å². The predicted octanol–water partition coefficient (Wildman–Crippen LogP) is 1.71. The largest absolute Gasteiger partial charge is 0.481 e. The molecule has 4 rings (SSSR count). The van der Waals surface area contributed by atoms with Crippen LogP contribution in [0.25, 0.3) is 0 Å². The van der Waals surface area contributed by atoms with E-state index in [1.165, 1.54) is 0 Å². The van der Waals surface area contributed by atoms with E-state index in [9.17, 15) is 14.7 Å². The summed E-state index contributed by atoms with van der Waals surface area (Å²) >= 11 is 5.97. The van der Waals surface area contributed by atoms with Gasteiger partial charge in [0, 0.05) is 10.7 Å². The number of hydrogen-bond donors (Lipinski definition) is 1. The Bertz CT molecular complexity index is 688. The second-order valence-electron chi connectivity index (χ2n) is 5.64. The maximum absolute atomic E-state index is 12.7. The van der Waals surface area contributed by atoms with Gasteiger partial charge in [0.2, 0.25) is 5.91 Å². The highest BCUT2D eigenvalue weighted by atomic mass is 35.5. The Hall–Kier alpha value is -1.85. The zero-order chi connectivity index (χ0) is 14.8. The van der Waals surface area contributed by atoms with Gasteiger partial charge in [0.15, 0.2) is 0 Å². The molecule has 2 fully saturated rings. The van der Waals surface area contributed by atoms with Gasteiger partial charge < -0.3 is 14.7 Å². The van der Waals surface area contributed by atoms with Crippen LogP contribution in [0.2, 0.25) is 5.02 Å².